The van der Waals surface area contributed by atoms with Gasteiger partial charge in [-0.15, -0.1) is 0 Å². The Hall–Kier alpha value is -2.61. The second-order valence-electron chi connectivity index (χ2n) is 3.77. The van der Waals surface area contributed by atoms with Crippen LogP contribution in [0.2, 0.25) is 0 Å². The van der Waals surface area contributed by atoms with Gasteiger partial charge in [0.1, 0.15) is 0 Å². The summed E-state index contributed by atoms with van der Waals surface area (Å²) in [5.74, 6) is -0.140. The summed E-state index contributed by atoms with van der Waals surface area (Å²) in [6.07, 6.45) is 4.05. The van der Waals surface area contributed by atoms with Gasteiger partial charge in [-0.2, -0.15) is 5.26 Å². The van der Waals surface area contributed by atoms with E-state index in [1.165, 1.54) is 0 Å². The fraction of sp³-hybridized carbons (Fsp3) is 0.154. The molecule has 0 bridgehead atoms. The van der Waals surface area contributed by atoms with Crippen LogP contribution in [0, 0.1) is 11.3 Å². The minimum absolute atomic E-state index is 0.140. The van der Waals surface area contributed by atoms with Gasteiger partial charge in [0.2, 0.25) is 0 Å². The molecule has 5 heteroatoms. The Balaban J connectivity index is 1.86. The van der Waals surface area contributed by atoms with Crippen molar-refractivity contribution in [2.75, 3.05) is 6.54 Å². The quantitative estimate of drug-likeness (QED) is 0.843. The monoisotopic (exact) mass is 240 g/mol. The van der Waals surface area contributed by atoms with Gasteiger partial charge < -0.3 is 10.3 Å². The molecule has 90 valence electrons. The number of carbonyl (C=O) groups is 1. The molecule has 2 rings (SSSR count). The number of rotatable bonds is 4. The minimum Gasteiger partial charge on any atom is -0.352 e. The Morgan fingerprint density at radius 2 is 2.17 bits per heavy atom. The maximum Gasteiger partial charge on any atom is 0.251 e. The summed E-state index contributed by atoms with van der Waals surface area (Å²) < 4.78 is 0. The number of hydrogen-bond acceptors (Lipinski definition) is 3. The second kappa shape index (κ2) is 5.64. The lowest BCUT2D eigenvalue weighted by atomic mass is 10.1. The number of carbonyl (C=O) groups excluding carboxylic acids is 1. The zero-order valence-corrected chi connectivity index (χ0v) is 9.68. The molecule has 0 saturated heterocycles. The fourth-order valence-corrected chi connectivity index (χ4v) is 1.53. The van der Waals surface area contributed by atoms with Gasteiger partial charge in [0.15, 0.2) is 0 Å². The van der Waals surface area contributed by atoms with E-state index in [1.807, 2.05) is 6.07 Å². The van der Waals surface area contributed by atoms with Gasteiger partial charge >= 0.3 is 0 Å². The van der Waals surface area contributed by atoms with E-state index in [1.54, 1.807) is 36.8 Å². The Morgan fingerprint density at radius 3 is 2.78 bits per heavy atom. The molecule has 1 aromatic carbocycles. The summed E-state index contributed by atoms with van der Waals surface area (Å²) in [4.78, 5) is 18.6. The highest BCUT2D eigenvalue weighted by Crippen LogP contribution is 2.03. The molecule has 2 N–H and O–H groups in total. The molecule has 0 spiro atoms. The van der Waals surface area contributed by atoms with Crippen LogP contribution in [0.3, 0.4) is 0 Å². The van der Waals surface area contributed by atoms with Gasteiger partial charge in [0, 0.05) is 30.4 Å². The molecule has 0 fully saturated rings. The van der Waals surface area contributed by atoms with Crippen LogP contribution in [0.5, 0.6) is 0 Å². The van der Waals surface area contributed by atoms with Crippen LogP contribution < -0.4 is 5.32 Å². The molecule has 1 aromatic heterocycles. The first-order chi connectivity index (χ1) is 8.79. The SMILES string of the molecule is N#Cc1ccc(C(=O)NCCc2cnc[nH]2)cc1. The number of nitrogens with one attached hydrogen (secondary N) is 2. The van der Waals surface area contributed by atoms with Gasteiger partial charge in [-0.25, -0.2) is 4.98 Å². The number of aromatic nitrogens is 2. The third-order valence-electron chi connectivity index (χ3n) is 2.51. The van der Waals surface area contributed by atoms with Gasteiger partial charge in [0.25, 0.3) is 5.91 Å². The largest absolute Gasteiger partial charge is 0.352 e. The van der Waals surface area contributed by atoms with E-state index in [-0.39, 0.29) is 5.91 Å². The van der Waals surface area contributed by atoms with E-state index in [4.69, 9.17) is 5.26 Å². The highest BCUT2D eigenvalue weighted by Gasteiger charge is 2.04. The normalized spacial score (nSPS) is 9.72. The molecule has 0 saturated carbocycles. The minimum atomic E-state index is -0.140. The van der Waals surface area contributed by atoms with Crippen molar-refractivity contribution in [3.63, 3.8) is 0 Å². The first-order valence-corrected chi connectivity index (χ1v) is 5.55. The van der Waals surface area contributed by atoms with Crippen molar-refractivity contribution in [3.05, 3.63) is 53.6 Å². The summed E-state index contributed by atoms with van der Waals surface area (Å²) in [7, 11) is 0. The standard InChI is InChI=1S/C13H12N4O/c14-7-10-1-3-11(4-2-10)13(18)16-6-5-12-8-15-9-17-12/h1-4,8-9H,5-6H2,(H,15,17)(H,16,18). The summed E-state index contributed by atoms with van der Waals surface area (Å²) in [5, 5.41) is 11.5. The predicted molar refractivity (Wildman–Crippen MR) is 65.8 cm³/mol. The van der Waals surface area contributed by atoms with Crippen LogP contribution in [0.1, 0.15) is 21.6 Å². The molecule has 18 heavy (non-hydrogen) atoms. The maximum atomic E-state index is 11.8. The smallest absolute Gasteiger partial charge is 0.251 e. The first-order valence-electron chi connectivity index (χ1n) is 5.55. The van der Waals surface area contributed by atoms with E-state index in [0.717, 1.165) is 5.69 Å². The van der Waals surface area contributed by atoms with Crippen LogP contribution in [0.15, 0.2) is 36.8 Å². The fourth-order valence-electron chi connectivity index (χ4n) is 1.53. The van der Waals surface area contributed by atoms with Crippen molar-refractivity contribution in [2.24, 2.45) is 0 Å². The Bertz CT molecular complexity index is 552. The third-order valence-corrected chi connectivity index (χ3v) is 2.51. The first kappa shape index (κ1) is 11.9. The number of hydrogen-bond donors (Lipinski definition) is 2. The van der Waals surface area contributed by atoms with Crippen molar-refractivity contribution in [3.8, 4) is 6.07 Å². The average molecular weight is 240 g/mol. The van der Waals surface area contributed by atoms with Gasteiger partial charge in [0.05, 0.1) is 18.0 Å². The molecule has 0 aliphatic heterocycles. The summed E-state index contributed by atoms with van der Waals surface area (Å²) >= 11 is 0. The predicted octanol–water partition coefficient (Wildman–Crippen LogP) is 1.25. The molecule has 2 aromatic rings. The molecule has 0 aliphatic carbocycles. The van der Waals surface area contributed by atoms with Crippen molar-refractivity contribution in [2.45, 2.75) is 6.42 Å². The lowest BCUT2D eigenvalue weighted by Gasteiger charge is -2.04. The number of aromatic amines is 1. The van der Waals surface area contributed by atoms with Crippen LogP contribution in [-0.2, 0) is 6.42 Å². The zero-order chi connectivity index (χ0) is 12.8. The highest BCUT2D eigenvalue weighted by atomic mass is 16.1. The lowest BCUT2D eigenvalue weighted by Crippen LogP contribution is -2.25. The topological polar surface area (TPSA) is 81.6 Å². The molecular weight excluding hydrogens is 228 g/mol. The summed E-state index contributed by atoms with van der Waals surface area (Å²) in [6, 6.07) is 8.56. The van der Waals surface area contributed by atoms with Crippen molar-refractivity contribution >= 4 is 5.91 Å². The van der Waals surface area contributed by atoms with E-state index in [0.29, 0.717) is 24.1 Å². The number of H-pyrrole nitrogens is 1. The van der Waals surface area contributed by atoms with Crippen LogP contribution >= 0.6 is 0 Å². The van der Waals surface area contributed by atoms with E-state index < -0.39 is 0 Å². The Kier molecular flexibility index (Phi) is 3.72. The number of nitrogens with zero attached hydrogens (tertiary/aromatic N) is 2. The van der Waals surface area contributed by atoms with Crippen LogP contribution in [0.25, 0.3) is 0 Å². The third kappa shape index (κ3) is 2.95. The van der Waals surface area contributed by atoms with Crippen LogP contribution in [0.4, 0.5) is 0 Å². The van der Waals surface area contributed by atoms with E-state index >= 15 is 0 Å². The number of imidazole rings is 1. The molecule has 0 aliphatic rings. The number of nitriles is 1. The highest BCUT2D eigenvalue weighted by molar-refractivity contribution is 5.94. The lowest BCUT2D eigenvalue weighted by molar-refractivity contribution is 0.0954. The van der Waals surface area contributed by atoms with Crippen LogP contribution in [-0.4, -0.2) is 22.4 Å². The average Bonchev–Trinajstić information content (AvgIpc) is 2.92. The second-order valence-corrected chi connectivity index (χ2v) is 3.77. The summed E-state index contributed by atoms with van der Waals surface area (Å²) in [5.41, 5.74) is 2.08. The molecule has 1 heterocycles. The maximum absolute atomic E-state index is 11.8. The van der Waals surface area contributed by atoms with Gasteiger partial charge in [-0.3, -0.25) is 4.79 Å². The van der Waals surface area contributed by atoms with Gasteiger partial charge in [-0.05, 0) is 24.3 Å². The number of benzene rings is 1. The van der Waals surface area contributed by atoms with E-state index in [2.05, 4.69) is 15.3 Å². The zero-order valence-electron chi connectivity index (χ0n) is 9.68. The molecule has 0 atom stereocenters. The van der Waals surface area contributed by atoms with Gasteiger partial charge in [-0.1, -0.05) is 0 Å². The van der Waals surface area contributed by atoms with Crippen molar-refractivity contribution in [1.82, 2.24) is 15.3 Å². The van der Waals surface area contributed by atoms with E-state index in [9.17, 15) is 4.79 Å². The molecule has 0 unspecified atom stereocenters. The Labute approximate surface area is 104 Å². The molecular formula is C13H12N4O. The molecule has 5 nitrogen and oxygen atoms in total. The van der Waals surface area contributed by atoms with Crippen molar-refractivity contribution < 1.29 is 4.79 Å². The molecule has 1 amide bonds. The summed E-state index contributed by atoms with van der Waals surface area (Å²) in [6.45, 7) is 0.543. The number of amides is 1. The van der Waals surface area contributed by atoms with Crippen molar-refractivity contribution in [1.29, 1.82) is 5.26 Å². The Morgan fingerprint density at radius 1 is 1.39 bits per heavy atom. The molecule has 0 radical (unpaired) electrons.